The van der Waals surface area contributed by atoms with Gasteiger partial charge in [0, 0.05) is 11.4 Å². The Morgan fingerprint density at radius 1 is 1.04 bits per heavy atom. The molecule has 136 valence electrons. The molecule has 1 aromatic heterocycles. The van der Waals surface area contributed by atoms with E-state index in [1.807, 2.05) is 6.07 Å². The maximum absolute atomic E-state index is 12.8. The number of ether oxygens (including phenoxy) is 1. The maximum atomic E-state index is 12.8. The van der Waals surface area contributed by atoms with E-state index in [1.165, 1.54) is 4.68 Å². The van der Waals surface area contributed by atoms with Crippen molar-refractivity contribution in [2.45, 2.75) is 18.9 Å². The number of para-hydroxylation sites is 1. The zero-order chi connectivity index (χ0) is 18.8. The second-order valence-corrected chi connectivity index (χ2v) is 6.36. The van der Waals surface area contributed by atoms with Gasteiger partial charge in [-0.2, -0.15) is 9.78 Å². The molecule has 1 aliphatic carbocycles. The number of benzene rings is 2. The quantitative estimate of drug-likeness (QED) is 0.699. The summed E-state index contributed by atoms with van der Waals surface area (Å²) in [6, 6.07) is 15.7. The van der Waals surface area contributed by atoms with E-state index in [4.69, 9.17) is 4.74 Å². The Morgan fingerprint density at radius 3 is 2.41 bits per heavy atom. The minimum Gasteiger partial charge on any atom is -0.451 e. The molecule has 0 atom stereocenters. The van der Waals surface area contributed by atoms with Gasteiger partial charge in [-0.1, -0.05) is 36.4 Å². The molecular weight excluding hydrogens is 346 g/mol. The zero-order valence-corrected chi connectivity index (χ0v) is 14.4. The molecule has 1 N–H and O–H groups in total. The number of nitrogens with one attached hydrogen (secondary N) is 1. The molecule has 1 fully saturated rings. The van der Waals surface area contributed by atoms with Crippen molar-refractivity contribution in [3.63, 3.8) is 0 Å². The van der Waals surface area contributed by atoms with Crippen LogP contribution in [0.25, 0.3) is 16.5 Å². The van der Waals surface area contributed by atoms with Crippen LogP contribution in [0.5, 0.6) is 0 Å². The molecule has 7 heteroatoms. The highest BCUT2D eigenvalue weighted by Gasteiger charge is 2.24. The number of fused-ring (bicyclic) bond motifs is 1. The summed E-state index contributed by atoms with van der Waals surface area (Å²) in [4.78, 5) is 37.1. The maximum Gasteiger partial charge on any atom is 0.359 e. The molecule has 3 aromatic rings. The highest BCUT2D eigenvalue weighted by atomic mass is 16.5. The Bertz CT molecular complexity index is 1070. The minimum absolute atomic E-state index is 0.00623. The first-order chi connectivity index (χ1) is 13.1. The van der Waals surface area contributed by atoms with Crippen molar-refractivity contribution in [1.82, 2.24) is 15.1 Å². The molecule has 1 amide bonds. The normalized spacial score (nSPS) is 13.3. The van der Waals surface area contributed by atoms with Crippen molar-refractivity contribution >= 4 is 22.6 Å². The number of hydrogen-bond donors (Lipinski definition) is 1. The van der Waals surface area contributed by atoms with Crippen LogP contribution in [-0.4, -0.2) is 34.3 Å². The first kappa shape index (κ1) is 17.0. The van der Waals surface area contributed by atoms with Gasteiger partial charge >= 0.3 is 5.97 Å². The summed E-state index contributed by atoms with van der Waals surface area (Å²) in [5.41, 5.74) is 0.196. The Balaban J connectivity index is 1.70. The summed E-state index contributed by atoms with van der Waals surface area (Å²) in [6.45, 7) is -0.379. The topological polar surface area (TPSA) is 90.3 Å². The molecule has 4 rings (SSSR count). The van der Waals surface area contributed by atoms with Gasteiger partial charge in [-0.05, 0) is 31.0 Å². The average Bonchev–Trinajstić information content (AvgIpc) is 3.51. The SMILES string of the molecule is O=C(COC(=O)c1nn(-c2ccccc2)c(=O)c2ccccc12)NC1CC1. The molecular formula is C20H17N3O4. The smallest absolute Gasteiger partial charge is 0.359 e. The molecule has 2 aromatic carbocycles. The summed E-state index contributed by atoms with van der Waals surface area (Å²) in [5.74, 6) is -1.09. The van der Waals surface area contributed by atoms with Gasteiger partial charge in [0.05, 0.1) is 11.1 Å². The molecule has 1 heterocycles. The van der Waals surface area contributed by atoms with Crippen LogP contribution in [0.2, 0.25) is 0 Å². The molecule has 27 heavy (non-hydrogen) atoms. The third-order valence-electron chi connectivity index (χ3n) is 4.28. The molecule has 0 radical (unpaired) electrons. The molecule has 0 aliphatic heterocycles. The molecule has 0 spiro atoms. The second kappa shape index (κ2) is 7.03. The van der Waals surface area contributed by atoms with Crippen LogP contribution in [-0.2, 0) is 9.53 Å². The third-order valence-corrected chi connectivity index (χ3v) is 4.28. The van der Waals surface area contributed by atoms with Crippen molar-refractivity contribution in [3.8, 4) is 5.69 Å². The third kappa shape index (κ3) is 3.57. The van der Waals surface area contributed by atoms with E-state index >= 15 is 0 Å². The van der Waals surface area contributed by atoms with Gasteiger partial charge in [0.2, 0.25) is 0 Å². The van der Waals surface area contributed by atoms with Crippen LogP contribution < -0.4 is 10.9 Å². The predicted molar refractivity (Wildman–Crippen MR) is 98.8 cm³/mol. The lowest BCUT2D eigenvalue weighted by atomic mass is 10.1. The van der Waals surface area contributed by atoms with Crippen LogP contribution in [0.3, 0.4) is 0 Å². The first-order valence-corrected chi connectivity index (χ1v) is 8.67. The van der Waals surface area contributed by atoms with E-state index in [9.17, 15) is 14.4 Å². The Kier molecular flexibility index (Phi) is 4.42. The van der Waals surface area contributed by atoms with Crippen molar-refractivity contribution in [2.75, 3.05) is 6.61 Å². The fraction of sp³-hybridized carbons (Fsp3) is 0.200. The van der Waals surface area contributed by atoms with Gasteiger partial charge in [-0.3, -0.25) is 9.59 Å². The van der Waals surface area contributed by atoms with Gasteiger partial charge < -0.3 is 10.1 Å². The van der Waals surface area contributed by atoms with Crippen molar-refractivity contribution in [3.05, 3.63) is 70.6 Å². The van der Waals surface area contributed by atoms with E-state index in [0.717, 1.165) is 12.8 Å². The Hall–Kier alpha value is -3.48. The van der Waals surface area contributed by atoms with Gasteiger partial charge in [-0.25, -0.2) is 4.79 Å². The van der Waals surface area contributed by atoms with Crippen LogP contribution in [0.1, 0.15) is 23.3 Å². The van der Waals surface area contributed by atoms with E-state index in [1.54, 1.807) is 48.5 Å². The van der Waals surface area contributed by atoms with Crippen LogP contribution >= 0.6 is 0 Å². The predicted octanol–water partition coefficient (Wildman–Crippen LogP) is 1.82. The minimum atomic E-state index is -0.748. The lowest BCUT2D eigenvalue weighted by molar-refractivity contribution is -0.124. The second-order valence-electron chi connectivity index (χ2n) is 6.36. The Labute approximate surface area is 154 Å². The highest BCUT2D eigenvalue weighted by Crippen LogP contribution is 2.19. The fourth-order valence-corrected chi connectivity index (χ4v) is 2.78. The number of rotatable bonds is 5. The zero-order valence-electron chi connectivity index (χ0n) is 14.4. The highest BCUT2D eigenvalue weighted by molar-refractivity contribution is 6.02. The van der Waals surface area contributed by atoms with Gasteiger partial charge in [-0.15, -0.1) is 0 Å². The lowest BCUT2D eigenvalue weighted by Gasteiger charge is -2.11. The molecule has 0 saturated heterocycles. The summed E-state index contributed by atoms with van der Waals surface area (Å²) < 4.78 is 6.30. The summed E-state index contributed by atoms with van der Waals surface area (Å²) in [7, 11) is 0. The summed E-state index contributed by atoms with van der Waals surface area (Å²) >= 11 is 0. The van der Waals surface area contributed by atoms with Crippen molar-refractivity contribution < 1.29 is 14.3 Å². The van der Waals surface area contributed by atoms with E-state index in [-0.39, 0.29) is 29.8 Å². The molecule has 1 aliphatic rings. The van der Waals surface area contributed by atoms with Gasteiger partial charge in [0.25, 0.3) is 11.5 Å². The first-order valence-electron chi connectivity index (χ1n) is 8.67. The number of esters is 1. The van der Waals surface area contributed by atoms with E-state index in [0.29, 0.717) is 16.5 Å². The summed E-state index contributed by atoms with van der Waals surface area (Å²) in [6.07, 6.45) is 1.90. The summed E-state index contributed by atoms with van der Waals surface area (Å²) in [5, 5.41) is 7.72. The van der Waals surface area contributed by atoms with E-state index in [2.05, 4.69) is 10.4 Å². The number of nitrogens with zero attached hydrogens (tertiary/aromatic N) is 2. The molecule has 0 unspecified atom stereocenters. The average molecular weight is 363 g/mol. The molecule has 0 bridgehead atoms. The van der Waals surface area contributed by atoms with Crippen LogP contribution in [0.4, 0.5) is 0 Å². The standard InChI is InChI=1S/C20H17N3O4/c24-17(21-13-10-11-13)12-27-20(26)18-15-8-4-5-9-16(15)19(25)23(22-18)14-6-2-1-3-7-14/h1-9,13H,10-12H2,(H,21,24). The van der Waals surface area contributed by atoms with Crippen LogP contribution in [0, 0.1) is 0 Å². The number of carbonyl (C=O) groups is 2. The lowest BCUT2D eigenvalue weighted by Crippen LogP contribution is -2.31. The largest absolute Gasteiger partial charge is 0.451 e. The molecule has 1 saturated carbocycles. The monoisotopic (exact) mass is 363 g/mol. The number of hydrogen-bond acceptors (Lipinski definition) is 5. The van der Waals surface area contributed by atoms with Crippen molar-refractivity contribution in [2.24, 2.45) is 0 Å². The number of amides is 1. The van der Waals surface area contributed by atoms with Gasteiger partial charge in [0.1, 0.15) is 0 Å². The number of carbonyl (C=O) groups excluding carboxylic acids is 2. The van der Waals surface area contributed by atoms with Crippen LogP contribution in [0.15, 0.2) is 59.4 Å². The van der Waals surface area contributed by atoms with Gasteiger partial charge in [0.15, 0.2) is 12.3 Å². The van der Waals surface area contributed by atoms with Crippen molar-refractivity contribution in [1.29, 1.82) is 0 Å². The fourth-order valence-electron chi connectivity index (χ4n) is 2.78. The molecule has 7 nitrogen and oxygen atoms in total. The van der Waals surface area contributed by atoms with E-state index < -0.39 is 5.97 Å². The number of aromatic nitrogens is 2. The Morgan fingerprint density at radius 2 is 1.70 bits per heavy atom.